The Labute approximate surface area is 93.2 Å². The van der Waals surface area contributed by atoms with Gasteiger partial charge in [-0.05, 0) is 25.2 Å². The largest absolute Gasteiger partial charge is 0.691 e. The molecule has 0 amide bonds. The van der Waals surface area contributed by atoms with Gasteiger partial charge >= 0.3 is 15.0 Å². The highest BCUT2D eigenvalue weighted by atomic mass is 32.1. The topological polar surface area (TPSA) is 108 Å². The Balaban J connectivity index is 2.34. The molecule has 0 aliphatic heterocycles. The molecule has 1 fully saturated rings. The van der Waals surface area contributed by atoms with Crippen molar-refractivity contribution in [3.05, 3.63) is 12.2 Å². The van der Waals surface area contributed by atoms with Crippen LogP contribution in [0.1, 0.15) is 19.3 Å². The van der Waals surface area contributed by atoms with Gasteiger partial charge in [-0.15, -0.1) is 4.67 Å². The first-order valence-corrected chi connectivity index (χ1v) is 7.97. The van der Waals surface area contributed by atoms with E-state index in [1.165, 1.54) is 0 Å². The smallest absolute Gasteiger partial charge is 0.593 e. The standard InChI is InChI=1S/C7H12O7P2/c1-6(7-2-3-7)4-5-12-16(11,14-13-8)15(9)10/h7-8H,1-5H2/p-1. The molecule has 0 aromatic heterocycles. The van der Waals surface area contributed by atoms with Crippen LogP contribution >= 0.6 is 15.0 Å². The lowest BCUT2D eigenvalue weighted by molar-refractivity contribution is -0.780. The van der Waals surface area contributed by atoms with Gasteiger partial charge in [0.1, 0.15) is 0 Å². The van der Waals surface area contributed by atoms with Crippen LogP contribution in [-0.2, 0) is 23.4 Å². The molecule has 7 nitrogen and oxygen atoms in total. The molecule has 16 heavy (non-hydrogen) atoms. The maximum Gasteiger partial charge on any atom is 0.593 e. The van der Waals surface area contributed by atoms with Gasteiger partial charge in [-0.1, -0.05) is 16.7 Å². The maximum atomic E-state index is 11.3. The van der Waals surface area contributed by atoms with Gasteiger partial charge in [0, 0.05) is 0 Å². The first-order valence-electron chi connectivity index (χ1n) is 4.55. The highest BCUT2D eigenvalue weighted by molar-refractivity contribution is 8.20. The van der Waals surface area contributed by atoms with E-state index in [-0.39, 0.29) is 6.61 Å². The fraction of sp³-hybridized carbons (Fsp3) is 0.714. The summed E-state index contributed by atoms with van der Waals surface area (Å²) >= 11 is 0. The Morgan fingerprint density at radius 2 is 2.19 bits per heavy atom. The van der Waals surface area contributed by atoms with Gasteiger partial charge in [-0.2, -0.15) is 0 Å². The third-order valence-electron chi connectivity index (χ3n) is 2.16. The SMILES string of the molecule is C=C(CCOP(=O)(OO[O-])[P+](=O)[O-])C1CC1. The lowest BCUT2D eigenvalue weighted by atomic mass is 10.1. The van der Waals surface area contributed by atoms with E-state index in [9.17, 15) is 19.3 Å². The summed E-state index contributed by atoms with van der Waals surface area (Å²) in [5.41, 5.74) is 0.913. The van der Waals surface area contributed by atoms with E-state index in [1.807, 2.05) is 0 Å². The van der Waals surface area contributed by atoms with E-state index in [0.717, 1.165) is 18.4 Å². The maximum absolute atomic E-state index is 11.3. The molecule has 0 saturated heterocycles. The summed E-state index contributed by atoms with van der Waals surface area (Å²) < 4.78 is 29.9. The van der Waals surface area contributed by atoms with Crippen LogP contribution in [0.15, 0.2) is 12.2 Å². The zero-order valence-corrected chi connectivity index (χ0v) is 10.2. The van der Waals surface area contributed by atoms with E-state index < -0.39 is 15.0 Å². The minimum Gasteiger partial charge on any atom is -0.691 e. The average Bonchev–Trinajstić information content (AvgIpc) is 3.00. The van der Waals surface area contributed by atoms with Gasteiger partial charge in [-0.3, -0.25) is 9.56 Å². The molecular weight excluding hydrogens is 258 g/mol. The van der Waals surface area contributed by atoms with Crippen molar-refractivity contribution < 1.29 is 33.5 Å². The summed E-state index contributed by atoms with van der Waals surface area (Å²) in [7, 11) is -8.01. The summed E-state index contributed by atoms with van der Waals surface area (Å²) in [6.45, 7) is 3.63. The highest BCUT2D eigenvalue weighted by Gasteiger charge is 2.42. The number of hydrogen-bond donors (Lipinski definition) is 0. The van der Waals surface area contributed by atoms with Gasteiger partial charge in [0.05, 0.1) is 6.61 Å². The second-order valence-corrected chi connectivity index (χ2v) is 7.63. The molecule has 0 aromatic rings. The quantitative estimate of drug-likeness (QED) is 0.277. The molecular formula is C7H11O7P2-. The fourth-order valence-corrected chi connectivity index (χ4v) is 2.49. The van der Waals surface area contributed by atoms with Gasteiger partial charge in [0.25, 0.3) is 0 Å². The molecule has 1 aliphatic carbocycles. The third-order valence-corrected chi connectivity index (χ3v) is 5.06. The summed E-state index contributed by atoms with van der Waals surface area (Å²) in [6.07, 6.45) is 2.50. The van der Waals surface area contributed by atoms with Crippen LogP contribution < -0.4 is 10.2 Å². The molecule has 1 saturated carbocycles. The van der Waals surface area contributed by atoms with Gasteiger partial charge in [0.15, 0.2) is 0 Å². The van der Waals surface area contributed by atoms with E-state index in [1.54, 1.807) is 0 Å². The van der Waals surface area contributed by atoms with Crippen molar-refractivity contribution in [3.63, 3.8) is 0 Å². The van der Waals surface area contributed by atoms with E-state index in [0.29, 0.717) is 12.3 Å². The molecule has 0 aromatic carbocycles. The third kappa shape index (κ3) is 4.03. The van der Waals surface area contributed by atoms with Crippen molar-refractivity contribution in [1.82, 2.24) is 0 Å². The van der Waals surface area contributed by atoms with Gasteiger partial charge in [-0.25, -0.2) is 4.57 Å². The molecule has 1 aliphatic rings. The first-order chi connectivity index (χ1) is 7.49. The first kappa shape index (κ1) is 13.9. The van der Waals surface area contributed by atoms with Crippen LogP contribution in [0.4, 0.5) is 0 Å². The number of rotatable bonds is 8. The zero-order valence-electron chi connectivity index (χ0n) is 8.37. The Morgan fingerprint density at radius 1 is 1.56 bits per heavy atom. The Hall–Kier alpha value is -0.130. The molecule has 2 atom stereocenters. The van der Waals surface area contributed by atoms with Crippen LogP contribution in [-0.4, -0.2) is 6.61 Å². The van der Waals surface area contributed by atoms with Crippen molar-refractivity contribution in [2.45, 2.75) is 19.3 Å². The minimum absolute atomic E-state index is 0.140. The monoisotopic (exact) mass is 269 g/mol. The Kier molecular flexibility index (Phi) is 5.21. The molecule has 0 heterocycles. The van der Waals surface area contributed by atoms with Crippen molar-refractivity contribution in [2.75, 3.05) is 6.61 Å². The van der Waals surface area contributed by atoms with Gasteiger partial charge < -0.3 is 10.2 Å². The molecule has 2 unspecified atom stereocenters. The van der Waals surface area contributed by atoms with Gasteiger partial charge in [0.2, 0.25) is 0 Å². The second kappa shape index (κ2) is 5.98. The lowest BCUT2D eigenvalue weighted by Gasteiger charge is -2.11. The molecule has 0 spiro atoms. The molecule has 0 N–H and O–H groups in total. The van der Waals surface area contributed by atoms with Crippen LogP contribution in [0.2, 0.25) is 0 Å². The Bertz CT molecular complexity index is 325. The lowest BCUT2D eigenvalue weighted by Crippen LogP contribution is -2.07. The minimum atomic E-state index is -4.48. The average molecular weight is 269 g/mol. The highest BCUT2D eigenvalue weighted by Crippen LogP contribution is 2.66. The molecule has 9 heteroatoms. The molecule has 0 radical (unpaired) electrons. The van der Waals surface area contributed by atoms with E-state index >= 15 is 0 Å². The second-order valence-electron chi connectivity index (χ2n) is 3.36. The van der Waals surface area contributed by atoms with Crippen molar-refractivity contribution >= 4 is 15.0 Å². The fourth-order valence-electron chi connectivity index (χ4n) is 1.12. The summed E-state index contributed by atoms with van der Waals surface area (Å²) in [4.78, 5) is 10.5. The molecule has 92 valence electrons. The predicted octanol–water partition coefficient (Wildman–Crippen LogP) is 0.794. The molecule has 0 bridgehead atoms. The van der Waals surface area contributed by atoms with Crippen LogP contribution in [0, 0.1) is 5.92 Å². The van der Waals surface area contributed by atoms with Crippen molar-refractivity contribution in [3.8, 4) is 0 Å². The summed E-state index contributed by atoms with van der Waals surface area (Å²) in [5, 5.41) is 12.4. The molecule has 1 rings (SSSR count). The van der Waals surface area contributed by atoms with Crippen LogP contribution in [0.25, 0.3) is 0 Å². The van der Waals surface area contributed by atoms with E-state index in [4.69, 9.17) is 0 Å². The summed E-state index contributed by atoms with van der Waals surface area (Å²) in [6, 6.07) is 0. The normalized spacial score (nSPS) is 20.2. The zero-order chi connectivity index (χ0) is 12.2. The van der Waals surface area contributed by atoms with Crippen molar-refractivity contribution in [1.29, 1.82) is 0 Å². The van der Waals surface area contributed by atoms with Crippen molar-refractivity contribution in [2.24, 2.45) is 5.92 Å². The Morgan fingerprint density at radius 3 is 2.62 bits per heavy atom. The van der Waals surface area contributed by atoms with Crippen LogP contribution in [0.3, 0.4) is 0 Å². The number of hydrogen-bond acceptors (Lipinski definition) is 7. The predicted molar refractivity (Wildman–Crippen MR) is 49.8 cm³/mol. The van der Waals surface area contributed by atoms with E-state index in [2.05, 4.69) is 20.8 Å². The summed E-state index contributed by atoms with van der Waals surface area (Å²) in [5.74, 6) is 0.445. The van der Waals surface area contributed by atoms with Crippen LogP contribution in [0.5, 0.6) is 0 Å².